The van der Waals surface area contributed by atoms with E-state index in [4.69, 9.17) is 37.9 Å². The molecule has 0 unspecified atom stereocenters. The Labute approximate surface area is 298 Å². The van der Waals surface area contributed by atoms with Crippen molar-refractivity contribution in [1.82, 2.24) is 4.90 Å². The third kappa shape index (κ3) is 17.8. The van der Waals surface area contributed by atoms with Gasteiger partial charge in [-0.25, -0.2) is 0 Å². The molecule has 11 nitrogen and oxygen atoms in total. The number of rotatable bonds is 33. The highest BCUT2D eigenvalue weighted by Crippen LogP contribution is 2.22. The Kier molecular flexibility index (Phi) is 23.1. The number of nitrogens with zero attached hydrogens (tertiary/aromatic N) is 1. The predicted octanol–water partition coefficient (Wildman–Crippen LogP) is 5.77. The van der Waals surface area contributed by atoms with Crippen LogP contribution in [0.2, 0.25) is 0 Å². The number of aryl methyl sites for hydroxylation is 1. The van der Waals surface area contributed by atoms with Gasteiger partial charge in [-0.05, 0) is 42.7 Å². The minimum atomic E-state index is -0.273. The molecule has 11 heteroatoms. The van der Waals surface area contributed by atoms with E-state index in [1.165, 1.54) is 55.4 Å². The third-order valence-electron chi connectivity index (χ3n) is 8.06. The number of imide groups is 1. The maximum absolute atomic E-state index is 12.3. The topological polar surface area (TPSA) is 111 Å². The van der Waals surface area contributed by atoms with E-state index in [9.17, 15) is 9.59 Å². The molecule has 1 aliphatic heterocycles. The highest BCUT2D eigenvalue weighted by Gasteiger charge is 2.34. The van der Waals surface area contributed by atoms with Gasteiger partial charge in [-0.2, -0.15) is 0 Å². The molecule has 50 heavy (non-hydrogen) atoms. The number of carbonyl (C=O) groups excluding carboxylic acids is 2. The highest BCUT2D eigenvalue weighted by molar-refractivity contribution is 6.21. The quantitative estimate of drug-likeness (QED) is 0.0672. The first-order chi connectivity index (χ1) is 24.7. The lowest BCUT2D eigenvalue weighted by atomic mass is 10.0. The van der Waals surface area contributed by atoms with Crippen LogP contribution in [-0.4, -0.2) is 122 Å². The van der Waals surface area contributed by atoms with Crippen molar-refractivity contribution in [2.24, 2.45) is 0 Å². The molecule has 0 spiro atoms. The summed E-state index contributed by atoms with van der Waals surface area (Å²) in [5.74, 6) is 0.333. The Morgan fingerprint density at radius 3 is 1.32 bits per heavy atom. The number of fused-ring (bicyclic) bond motifs is 1. The van der Waals surface area contributed by atoms with E-state index in [1.54, 1.807) is 24.3 Å². The zero-order valence-electron chi connectivity index (χ0n) is 30.1. The van der Waals surface area contributed by atoms with Gasteiger partial charge in [-0.15, -0.1) is 0 Å². The fourth-order valence-corrected chi connectivity index (χ4v) is 5.28. The molecule has 0 N–H and O–H groups in total. The second-order valence-electron chi connectivity index (χ2n) is 12.0. The van der Waals surface area contributed by atoms with Gasteiger partial charge in [0, 0.05) is 0 Å². The van der Waals surface area contributed by atoms with E-state index in [2.05, 4.69) is 19.1 Å². The monoisotopic (exact) mass is 701 g/mol. The molecule has 0 atom stereocenters. The van der Waals surface area contributed by atoms with E-state index < -0.39 is 0 Å². The van der Waals surface area contributed by atoms with Crippen molar-refractivity contribution in [3.63, 3.8) is 0 Å². The lowest BCUT2D eigenvalue weighted by molar-refractivity contribution is -0.0214. The Balaban J connectivity index is 0.970. The highest BCUT2D eigenvalue weighted by atomic mass is 16.6. The fourth-order valence-electron chi connectivity index (χ4n) is 5.28. The molecule has 0 saturated carbocycles. The Hall–Kier alpha value is -2.90. The molecule has 0 aliphatic carbocycles. The molecule has 0 bridgehead atoms. The van der Waals surface area contributed by atoms with Crippen LogP contribution in [0, 0.1) is 0 Å². The molecule has 1 heterocycles. The minimum absolute atomic E-state index is 0.219. The van der Waals surface area contributed by atoms with Gasteiger partial charge in [0.15, 0.2) is 0 Å². The van der Waals surface area contributed by atoms with Crippen LogP contribution in [-0.2, 0) is 39.6 Å². The van der Waals surface area contributed by atoms with Gasteiger partial charge in [0.05, 0.1) is 110 Å². The van der Waals surface area contributed by atoms with Gasteiger partial charge >= 0.3 is 0 Å². The first kappa shape index (κ1) is 41.5. The molecule has 1 aliphatic rings. The molecule has 0 radical (unpaired) electrons. The van der Waals surface area contributed by atoms with Crippen molar-refractivity contribution in [3.8, 4) is 5.75 Å². The maximum atomic E-state index is 12.3. The Morgan fingerprint density at radius 2 is 0.860 bits per heavy atom. The number of benzene rings is 2. The zero-order valence-corrected chi connectivity index (χ0v) is 30.1. The van der Waals surface area contributed by atoms with Crippen LogP contribution in [0.15, 0.2) is 48.5 Å². The number of hydrogen-bond acceptors (Lipinski definition) is 10. The Morgan fingerprint density at radius 1 is 0.460 bits per heavy atom. The van der Waals surface area contributed by atoms with E-state index in [-0.39, 0.29) is 25.0 Å². The number of unbranched alkanes of at least 4 members (excludes halogenated alkanes) is 6. The molecule has 3 rings (SSSR count). The SMILES string of the molecule is CCCCCCCCCc1ccc(OCCOCCOCCOCCOCCOCCOCCOCCN2C(=O)c3ccccc3C2=O)cc1. The van der Waals surface area contributed by atoms with Crippen LogP contribution in [0.25, 0.3) is 0 Å². The van der Waals surface area contributed by atoms with Crippen LogP contribution in [0.5, 0.6) is 5.75 Å². The van der Waals surface area contributed by atoms with Crippen LogP contribution in [0.4, 0.5) is 0 Å². The molecule has 0 aromatic heterocycles. The molecule has 2 aromatic carbocycles. The summed E-state index contributed by atoms with van der Waals surface area (Å²) in [6.45, 7) is 9.42. The van der Waals surface area contributed by atoms with Gasteiger partial charge < -0.3 is 37.9 Å². The zero-order chi connectivity index (χ0) is 35.3. The van der Waals surface area contributed by atoms with Gasteiger partial charge in [0.1, 0.15) is 12.4 Å². The van der Waals surface area contributed by atoms with E-state index in [0.29, 0.717) is 104 Å². The first-order valence-electron chi connectivity index (χ1n) is 18.4. The van der Waals surface area contributed by atoms with E-state index in [1.807, 2.05) is 12.1 Å². The van der Waals surface area contributed by atoms with Crippen molar-refractivity contribution >= 4 is 11.8 Å². The van der Waals surface area contributed by atoms with Gasteiger partial charge in [0.2, 0.25) is 0 Å². The lowest BCUT2D eigenvalue weighted by Crippen LogP contribution is -2.33. The summed E-state index contributed by atoms with van der Waals surface area (Å²) in [4.78, 5) is 25.8. The molecule has 0 saturated heterocycles. The van der Waals surface area contributed by atoms with Gasteiger partial charge in [-0.1, -0.05) is 69.7 Å². The number of carbonyl (C=O) groups is 2. The normalized spacial score (nSPS) is 12.6. The molecule has 2 amide bonds. The molecule has 2 aromatic rings. The average molecular weight is 702 g/mol. The smallest absolute Gasteiger partial charge is 0.261 e. The summed E-state index contributed by atoms with van der Waals surface area (Å²) in [7, 11) is 0. The summed E-state index contributed by atoms with van der Waals surface area (Å²) in [6.07, 6.45) is 10.5. The van der Waals surface area contributed by atoms with Crippen LogP contribution >= 0.6 is 0 Å². The van der Waals surface area contributed by atoms with E-state index in [0.717, 1.165) is 12.2 Å². The summed E-state index contributed by atoms with van der Waals surface area (Å²) < 4.78 is 44.4. The van der Waals surface area contributed by atoms with Crippen molar-refractivity contribution in [2.75, 3.05) is 106 Å². The van der Waals surface area contributed by atoms with Gasteiger partial charge in [-0.3, -0.25) is 14.5 Å². The first-order valence-corrected chi connectivity index (χ1v) is 18.4. The summed E-state index contributed by atoms with van der Waals surface area (Å²) in [6, 6.07) is 15.3. The van der Waals surface area contributed by atoms with E-state index >= 15 is 0 Å². The standard InChI is InChI=1S/C39H59NO10/c1-2-3-4-5-6-7-8-11-34-14-16-35(17-15-34)50-33-32-49-31-30-48-29-28-47-27-26-46-25-24-45-23-22-44-21-20-43-19-18-40-38(41)36-12-9-10-13-37(36)39(40)42/h9-10,12-17H,2-8,11,18-33H2,1H3. The van der Waals surface area contributed by atoms with Crippen LogP contribution in [0.3, 0.4) is 0 Å². The minimum Gasteiger partial charge on any atom is -0.491 e. The number of amides is 2. The van der Waals surface area contributed by atoms with Gasteiger partial charge in [0.25, 0.3) is 11.8 Å². The average Bonchev–Trinajstić information content (AvgIpc) is 3.38. The molecule has 0 fully saturated rings. The molecular formula is C39H59NO10. The second-order valence-corrected chi connectivity index (χ2v) is 12.0. The number of ether oxygens (including phenoxy) is 8. The fraction of sp³-hybridized carbons (Fsp3) is 0.641. The summed E-state index contributed by atoms with van der Waals surface area (Å²) in [5.41, 5.74) is 2.27. The lowest BCUT2D eigenvalue weighted by Gasteiger charge is -2.13. The predicted molar refractivity (Wildman–Crippen MR) is 191 cm³/mol. The van der Waals surface area contributed by atoms with Crippen LogP contribution in [0.1, 0.15) is 78.1 Å². The van der Waals surface area contributed by atoms with Crippen molar-refractivity contribution < 1.29 is 47.5 Å². The summed E-state index contributed by atoms with van der Waals surface area (Å²) in [5, 5.41) is 0. The third-order valence-corrected chi connectivity index (χ3v) is 8.06. The second kappa shape index (κ2) is 27.8. The maximum Gasteiger partial charge on any atom is 0.261 e. The van der Waals surface area contributed by atoms with Crippen molar-refractivity contribution in [1.29, 1.82) is 0 Å². The molecular weight excluding hydrogens is 642 g/mol. The Bertz CT molecular complexity index is 1130. The van der Waals surface area contributed by atoms with Crippen molar-refractivity contribution in [3.05, 3.63) is 65.2 Å². The van der Waals surface area contributed by atoms with Crippen molar-refractivity contribution in [2.45, 2.75) is 58.3 Å². The molecule has 280 valence electrons. The number of hydrogen-bond donors (Lipinski definition) is 0. The van der Waals surface area contributed by atoms with Crippen LogP contribution < -0.4 is 4.74 Å². The largest absolute Gasteiger partial charge is 0.491 e. The summed E-state index contributed by atoms with van der Waals surface area (Å²) >= 11 is 0.